The van der Waals surface area contributed by atoms with E-state index in [4.69, 9.17) is 11.6 Å². The fraction of sp³-hybridized carbons (Fsp3) is 0.526. The van der Waals surface area contributed by atoms with Gasteiger partial charge in [0.15, 0.2) is 0 Å². The maximum absolute atomic E-state index is 12.8. The number of amides is 1. The number of halogens is 1. The number of carbonyl (C=O) groups excluding carboxylic acids is 1. The number of piperazine rings is 1. The first kappa shape index (κ1) is 17.5. The van der Waals surface area contributed by atoms with Crippen LogP contribution in [0.3, 0.4) is 0 Å². The molecule has 0 radical (unpaired) electrons. The fourth-order valence-corrected chi connectivity index (χ4v) is 4.13. The monoisotopic (exact) mass is 373 g/mol. The van der Waals surface area contributed by atoms with Gasteiger partial charge in [-0.2, -0.15) is 0 Å². The molecule has 1 aromatic carbocycles. The minimum atomic E-state index is -0.0770. The minimum Gasteiger partial charge on any atom is -0.333 e. The molecule has 1 aliphatic carbocycles. The van der Waals surface area contributed by atoms with Gasteiger partial charge < -0.3 is 4.90 Å². The van der Waals surface area contributed by atoms with Crippen molar-refractivity contribution in [2.45, 2.75) is 38.6 Å². The molecular formula is C19H24ClN5O. The van der Waals surface area contributed by atoms with E-state index in [0.29, 0.717) is 10.8 Å². The van der Waals surface area contributed by atoms with Crippen LogP contribution in [-0.2, 0) is 0 Å². The van der Waals surface area contributed by atoms with E-state index in [1.807, 2.05) is 36.1 Å². The number of hydrogen-bond donors (Lipinski definition) is 0. The number of nitrogens with zero attached hydrogens (tertiary/aromatic N) is 5. The van der Waals surface area contributed by atoms with Gasteiger partial charge in [-0.3, -0.25) is 9.69 Å². The lowest BCUT2D eigenvalue weighted by Crippen LogP contribution is -2.51. The van der Waals surface area contributed by atoms with Crippen molar-refractivity contribution in [1.29, 1.82) is 0 Å². The lowest BCUT2D eigenvalue weighted by atomic mass is 10.2. The van der Waals surface area contributed by atoms with Crippen molar-refractivity contribution >= 4 is 17.5 Å². The Balaban J connectivity index is 1.44. The van der Waals surface area contributed by atoms with Gasteiger partial charge in [-0.15, -0.1) is 5.10 Å². The van der Waals surface area contributed by atoms with Gasteiger partial charge in [-0.1, -0.05) is 24.4 Å². The highest BCUT2D eigenvalue weighted by Crippen LogP contribution is 2.24. The molecule has 0 N–H and O–H groups in total. The third-order valence-electron chi connectivity index (χ3n) is 5.47. The molecule has 138 valence electrons. The number of aromatic nitrogens is 3. The molecule has 1 aromatic heterocycles. The van der Waals surface area contributed by atoms with E-state index in [0.717, 1.165) is 37.9 Å². The average molecular weight is 374 g/mol. The highest BCUT2D eigenvalue weighted by molar-refractivity contribution is 6.30. The van der Waals surface area contributed by atoms with Crippen LogP contribution in [0.25, 0.3) is 5.69 Å². The smallest absolute Gasteiger partial charge is 0.293 e. The number of rotatable bonds is 3. The van der Waals surface area contributed by atoms with Crippen LogP contribution in [0.1, 0.15) is 42.1 Å². The Hall–Kier alpha value is -1.92. The van der Waals surface area contributed by atoms with Gasteiger partial charge in [0.05, 0.1) is 5.69 Å². The van der Waals surface area contributed by atoms with Crippen LogP contribution in [0.15, 0.2) is 24.3 Å². The van der Waals surface area contributed by atoms with Crippen LogP contribution < -0.4 is 0 Å². The van der Waals surface area contributed by atoms with E-state index in [2.05, 4.69) is 15.0 Å². The molecule has 1 saturated heterocycles. The molecule has 0 unspecified atom stereocenters. The summed E-state index contributed by atoms with van der Waals surface area (Å²) in [6.07, 6.45) is 5.30. The lowest BCUT2D eigenvalue weighted by Gasteiger charge is -2.37. The lowest BCUT2D eigenvalue weighted by molar-refractivity contribution is 0.0562. The van der Waals surface area contributed by atoms with Crippen LogP contribution in [0.2, 0.25) is 5.02 Å². The third-order valence-corrected chi connectivity index (χ3v) is 5.73. The molecule has 1 aliphatic heterocycles. The summed E-state index contributed by atoms with van der Waals surface area (Å²) in [6, 6.07) is 8.08. The van der Waals surface area contributed by atoms with Crippen LogP contribution in [0.4, 0.5) is 0 Å². The highest BCUT2D eigenvalue weighted by Gasteiger charge is 2.29. The van der Waals surface area contributed by atoms with Gasteiger partial charge in [-0.25, -0.2) is 9.67 Å². The second-order valence-corrected chi connectivity index (χ2v) is 7.57. The van der Waals surface area contributed by atoms with Crippen LogP contribution in [0, 0.1) is 6.92 Å². The zero-order chi connectivity index (χ0) is 18.1. The molecule has 2 heterocycles. The summed E-state index contributed by atoms with van der Waals surface area (Å²) in [6.45, 7) is 5.27. The van der Waals surface area contributed by atoms with E-state index in [1.165, 1.54) is 25.7 Å². The SMILES string of the molecule is Cc1nc(C(=O)N2CCN(C3CCCC3)CC2)nn1-c1ccc(Cl)cc1. The molecule has 1 amide bonds. The Morgan fingerprint density at radius 3 is 2.38 bits per heavy atom. The van der Waals surface area contributed by atoms with Crippen molar-refractivity contribution in [2.24, 2.45) is 0 Å². The van der Waals surface area contributed by atoms with Crippen molar-refractivity contribution in [3.05, 3.63) is 40.9 Å². The first-order chi connectivity index (χ1) is 12.6. The summed E-state index contributed by atoms with van der Waals surface area (Å²) in [5.41, 5.74) is 0.851. The molecule has 0 atom stereocenters. The van der Waals surface area contributed by atoms with E-state index in [1.54, 1.807) is 4.68 Å². The highest BCUT2D eigenvalue weighted by atomic mass is 35.5. The molecule has 4 rings (SSSR count). The number of aryl methyl sites for hydroxylation is 1. The molecule has 7 heteroatoms. The standard InChI is InChI=1S/C19H24ClN5O/c1-14-21-18(22-25(14)17-8-6-15(20)7-9-17)19(26)24-12-10-23(11-13-24)16-4-2-3-5-16/h6-9,16H,2-5,10-13H2,1H3. The molecule has 26 heavy (non-hydrogen) atoms. The topological polar surface area (TPSA) is 54.3 Å². The number of carbonyl (C=O) groups is 1. The summed E-state index contributed by atoms with van der Waals surface area (Å²) < 4.78 is 1.69. The third kappa shape index (κ3) is 3.48. The summed E-state index contributed by atoms with van der Waals surface area (Å²) in [5.74, 6) is 0.888. The van der Waals surface area contributed by atoms with Crippen LogP contribution in [0.5, 0.6) is 0 Å². The molecule has 2 fully saturated rings. The number of benzene rings is 1. The molecule has 2 aliphatic rings. The Labute approximate surface area is 158 Å². The normalized spacial score (nSPS) is 19.2. The van der Waals surface area contributed by atoms with Gasteiger partial charge in [0, 0.05) is 37.2 Å². The van der Waals surface area contributed by atoms with Crippen LogP contribution in [-0.4, -0.2) is 62.7 Å². The number of hydrogen-bond acceptors (Lipinski definition) is 4. The minimum absolute atomic E-state index is 0.0770. The maximum Gasteiger partial charge on any atom is 0.293 e. The second-order valence-electron chi connectivity index (χ2n) is 7.14. The molecule has 0 bridgehead atoms. The van der Waals surface area contributed by atoms with Crippen molar-refractivity contribution < 1.29 is 4.79 Å². The fourth-order valence-electron chi connectivity index (χ4n) is 4.01. The first-order valence-electron chi connectivity index (χ1n) is 9.35. The maximum atomic E-state index is 12.8. The zero-order valence-corrected chi connectivity index (χ0v) is 15.8. The van der Waals surface area contributed by atoms with Crippen molar-refractivity contribution in [3.8, 4) is 5.69 Å². The van der Waals surface area contributed by atoms with Gasteiger partial charge in [0.2, 0.25) is 5.82 Å². The Morgan fingerprint density at radius 2 is 1.73 bits per heavy atom. The first-order valence-corrected chi connectivity index (χ1v) is 9.72. The molecule has 2 aromatic rings. The zero-order valence-electron chi connectivity index (χ0n) is 15.1. The Bertz CT molecular complexity index is 774. The quantitative estimate of drug-likeness (QED) is 0.830. The predicted octanol–water partition coefficient (Wildman–Crippen LogP) is 2.93. The molecular weight excluding hydrogens is 350 g/mol. The Kier molecular flexibility index (Phi) is 4.96. The average Bonchev–Trinajstić information content (AvgIpc) is 3.32. The van der Waals surface area contributed by atoms with Crippen molar-refractivity contribution in [2.75, 3.05) is 26.2 Å². The summed E-state index contributed by atoms with van der Waals surface area (Å²) in [4.78, 5) is 21.6. The summed E-state index contributed by atoms with van der Waals surface area (Å²) >= 11 is 5.94. The van der Waals surface area contributed by atoms with Gasteiger partial charge in [-0.05, 0) is 44.0 Å². The largest absolute Gasteiger partial charge is 0.333 e. The van der Waals surface area contributed by atoms with Crippen LogP contribution >= 0.6 is 11.6 Å². The van der Waals surface area contributed by atoms with E-state index < -0.39 is 0 Å². The molecule has 6 nitrogen and oxygen atoms in total. The van der Waals surface area contributed by atoms with Gasteiger partial charge in [0.1, 0.15) is 5.82 Å². The second kappa shape index (κ2) is 7.37. The van der Waals surface area contributed by atoms with Gasteiger partial charge >= 0.3 is 0 Å². The van der Waals surface area contributed by atoms with E-state index in [9.17, 15) is 4.79 Å². The van der Waals surface area contributed by atoms with Gasteiger partial charge in [0.25, 0.3) is 5.91 Å². The van der Waals surface area contributed by atoms with Crippen molar-refractivity contribution in [3.63, 3.8) is 0 Å². The van der Waals surface area contributed by atoms with Crippen molar-refractivity contribution in [1.82, 2.24) is 24.6 Å². The molecule has 0 spiro atoms. The summed E-state index contributed by atoms with van der Waals surface area (Å²) in [7, 11) is 0. The summed E-state index contributed by atoms with van der Waals surface area (Å²) in [5, 5.41) is 5.11. The predicted molar refractivity (Wildman–Crippen MR) is 101 cm³/mol. The molecule has 1 saturated carbocycles. The van der Waals surface area contributed by atoms with E-state index >= 15 is 0 Å². The van der Waals surface area contributed by atoms with E-state index in [-0.39, 0.29) is 11.7 Å². The Morgan fingerprint density at radius 1 is 1.08 bits per heavy atom.